The Hall–Kier alpha value is -2.65. The smallest absolute Gasteiger partial charge is 0.327 e. The maximum Gasteiger partial charge on any atom is 0.327 e. The first-order valence-corrected chi connectivity index (χ1v) is 10.1. The zero-order valence-corrected chi connectivity index (χ0v) is 17.5. The third kappa shape index (κ3) is 5.09. The number of esters is 1. The van der Waals surface area contributed by atoms with Gasteiger partial charge in [-0.3, -0.25) is 14.4 Å². The number of nitrogens with zero attached hydrogens (tertiary/aromatic N) is 3. The van der Waals surface area contributed by atoms with Crippen LogP contribution in [0.5, 0.6) is 0 Å². The third-order valence-corrected chi connectivity index (χ3v) is 5.70. The number of likely N-dealkylation sites (tertiary alicyclic amines) is 1. The van der Waals surface area contributed by atoms with Gasteiger partial charge in [0.05, 0.1) is 25.8 Å². The minimum atomic E-state index is -0.897. The lowest BCUT2D eigenvalue weighted by Gasteiger charge is -2.36. The standard InChI is InChI=1S/C21H24FN3O4S/c1-29-21(28)20(16-4-2-3-5-17(16)22)24-10-7-18(30)14(13-24)12-15-6-9-23-25(15)11-8-19(26)27/h2-6,9,12,18,20,30H,7-8,10-11,13H2,1H3,(H,26,27)/b14-12+. The van der Waals surface area contributed by atoms with Gasteiger partial charge in [-0.15, -0.1) is 0 Å². The summed E-state index contributed by atoms with van der Waals surface area (Å²) >= 11 is 4.67. The summed E-state index contributed by atoms with van der Waals surface area (Å²) in [5, 5.41) is 13.1. The van der Waals surface area contributed by atoms with Crippen LogP contribution < -0.4 is 0 Å². The van der Waals surface area contributed by atoms with Gasteiger partial charge in [-0.05, 0) is 30.2 Å². The Morgan fingerprint density at radius 1 is 1.40 bits per heavy atom. The molecule has 1 N–H and O–H groups in total. The van der Waals surface area contributed by atoms with Crippen LogP contribution in [0, 0.1) is 5.82 Å². The van der Waals surface area contributed by atoms with Crippen LogP contribution in [0.1, 0.15) is 30.1 Å². The molecule has 0 amide bonds. The molecule has 1 aliphatic heterocycles. The number of methoxy groups -OCH3 is 1. The van der Waals surface area contributed by atoms with Crippen LogP contribution in [0.3, 0.4) is 0 Å². The van der Waals surface area contributed by atoms with Gasteiger partial charge in [0.1, 0.15) is 11.9 Å². The summed E-state index contributed by atoms with van der Waals surface area (Å²) in [6.07, 6.45) is 4.15. The molecule has 2 atom stereocenters. The van der Waals surface area contributed by atoms with Crippen LogP contribution in [-0.4, -0.2) is 57.2 Å². The van der Waals surface area contributed by atoms with Crippen molar-refractivity contribution in [2.45, 2.75) is 30.7 Å². The SMILES string of the molecule is COC(=O)C(c1ccccc1F)N1CCC(S)/C(=C/c2ccnn2CCC(=O)O)C1. The second kappa shape index (κ2) is 9.90. The molecular formula is C21H24FN3O4S. The quantitative estimate of drug-likeness (QED) is 0.516. The molecule has 1 aromatic carbocycles. The Bertz CT molecular complexity index is 946. The minimum Gasteiger partial charge on any atom is -0.481 e. The van der Waals surface area contributed by atoms with E-state index in [0.717, 1.165) is 11.3 Å². The topological polar surface area (TPSA) is 84.7 Å². The maximum absolute atomic E-state index is 14.4. The number of aromatic nitrogens is 2. The van der Waals surface area contributed by atoms with E-state index in [9.17, 15) is 14.0 Å². The van der Waals surface area contributed by atoms with Crippen molar-refractivity contribution in [1.29, 1.82) is 0 Å². The summed E-state index contributed by atoms with van der Waals surface area (Å²) in [5.41, 5.74) is 1.97. The highest BCUT2D eigenvalue weighted by Gasteiger charge is 2.34. The predicted molar refractivity (Wildman–Crippen MR) is 113 cm³/mol. The van der Waals surface area contributed by atoms with E-state index in [4.69, 9.17) is 9.84 Å². The summed E-state index contributed by atoms with van der Waals surface area (Å²) in [6, 6.07) is 7.12. The summed E-state index contributed by atoms with van der Waals surface area (Å²) in [6.45, 7) is 1.20. The lowest BCUT2D eigenvalue weighted by atomic mass is 9.97. The Morgan fingerprint density at radius 3 is 2.87 bits per heavy atom. The summed E-state index contributed by atoms with van der Waals surface area (Å²) in [4.78, 5) is 25.3. The fraction of sp³-hybridized carbons (Fsp3) is 0.381. The van der Waals surface area contributed by atoms with Crippen molar-refractivity contribution in [3.05, 3.63) is 59.2 Å². The molecule has 160 valence electrons. The van der Waals surface area contributed by atoms with Gasteiger partial charge in [0.15, 0.2) is 0 Å². The lowest BCUT2D eigenvalue weighted by molar-refractivity contribution is -0.147. The first kappa shape index (κ1) is 22.0. The van der Waals surface area contributed by atoms with Gasteiger partial charge in [0.2, 0.25) is 0 Å². The van der Waals surface area contributed by atoms with Gasteiger partial charge in [0.25, 0.3) is 0 Å². The number of piperidine rings is 1. The molecule has 2 unspecified atom stereocenters. The van der Waals surface area contributed by atoms with E-state index >= 15 is 0 Å². The van der Waals surface area contributed by atoms with Crippen LogP contribution in [0.15, 0.2) is 42.1 Å². The Morgan fingerprint density at radius 2 is 2.17 bits per heavy atom. The Labute approximate surface area is 179 Å². The number of carboxylic acids is 1. The van der Waals surface area contributed by atoms with Gasteiger partial charge in [-0.1, -0.05) is 18.2 Å². The molecule has 7 nitrogen and oxygen atoms in total. The van der Waals surface area contributed by atoms with Crippen LogP contribution >= 0.6 is 12.6 Å². The number of hydrogen-bond acceptors (Lipinski definition) is 6. The van der Waals surface area contributed by atoms with E-state index in [1.54, 1.807) is 35.1 Å². The number of carbonyl (C=O) groups is 2. The molecule has 9 heteroatoms. The minimum absolute atomic E-state index is 0.0357. The van der Waals surface area contributed by atoms with E-state index in [1.165, 1.54) is 13.2 Å². The van der Waals surface area contributed by atoms with E-state index < -0.39 is 23.8 Å². The van der Waals surface area contributed by atoms with Crippen LogP contribution in [0.2, 0.25) is 0 Å². The van der Waals surface area contributed by atoms with Gasteiger partial charge in [-0.2, -0.15) is 17.7 Å². The third-order valence-electron chi connectivity index (χ3n) is 5.11. The Kier molecular flexibility index (Phi) is 7.28. The molecule has 0 spiro atoms. The van der Waals surface area contributed by atoms with E-state index in [0.29, 0.717) is 19.5 Å². The van der Waals surface area contributed by atoms with Gasteiger partial charge in [0, 0.05) is 30.1 Å². The fourth-order valence-corrected chi connectivity index (χ4v) is 3.85. The first-order valence-electron chi connectivity index (χ1n) is 9.59. The van der Waals surface area contributed by atoms with Crippen molar-refractivity contribution >= 4 is 30.6 Å². The fourth-order valence-electron chi connectivity index (χ4n) is 3.58. The van der Waals surface area contributed by atoms with Gasteiger partial charge < -0.3 is 9.84 Å². The number of carbonyl (C=O) groups excluding carboxylic acids is 1. The highest BCUT2D eigenvalue weighted by atomic mass is 32.1. The average Bonchev–Trinajstić information content (AvgIpc) is 3.17. The van der Waals surface area contributed by atoms with Crippen molar-refractivity contribution in [1.82, 2.24) is 14.7 Å². The molecule has 2 heterocycles. The molecule has 1 aliphatic rings. The molecule has 30 heavy (non-hydrogen) atoms. The van der Waals surface area contributed by atoms with Crippen molar-refractivity contribution in [2.75, 3.05) is 20.2 Å². The second-order valence-corrected chi connectivity index (χ2v) is 7.69. The molecule has 1 aromatic heterocycles. The monoisotopic (exact) mass is 433 g/mol. The van der Waals surface area contributed by atoms with E-state index in [-0.39, 0.29) is 23.8 Å². The zero-order valence-electron chi connectivity index (χ0n) is 16.6. The number of ether oxygens (including phenoxy) is 1. The number of aliphatic carboxylic acids is 1. The second-order valence-electron chi connectivity index (χ2n) is 7.06. The molecule has 0 aliphatic carbocycles. The van der Waals surface area contributed by atoms with Gasteiger partial charge in [-0.25, -0.2) is 9.18 Å². The van der Waals surface area contributed by atoms with E-state index in [1.807, 2.05) is 11.0 Å². The number of carboxylic acid groups (broad SMARTS) is 1. The van der Waals surface area contributed by atoms with Crippen molar-refractivity contribution in [3.8, 4) is 0 Å². The largest absolute Gasteiger partial charge is 0.481 e. The number of hydrogen-bond donors (Lipinski definition) is 2. The number of thiol groups is 1. The highest BCUT2D eigenvalue weighted by Crippen LogP contribution is 2.32. The lowest BCUT2D eigenvalue weighted by Crippen LogP contribution is -2.42. The van der Waals surface area contributed by atoms with E-state index in [2.05, 4.69) is 17.7 Å². The molecule has 0 saturated carbocycles. The molecular weight excluding hydrogens is 409 g/mol. The molecule has 0 radical (unpaired) electrons. The average molecular weight is 434 g/mol. The van der Waals surface area contributed by atoms with Gasteiger partial charge >= 0.3 is 11.9 Å². The molecule has 2 aromatic rings. The molecule has 3 rings (SSSR count). The van der Waals surface area contributed by atoms with Crippen molar-refractivity contribution in [3.63, 3.8) is 0 Å². The number of benzene rings is 1. The van der Waals surface area contributed by atoms with Crippen LogP contribution in [0.25, 0.3) is 6.08 Å². The summed E-state index contributed by atoms with van der Waals surface area (Å²) < 4.78 is 21.0. The summed E-state index contributed by atoms with van der Waals surface area (Å²) in [7, 11) is 1.29. The number of aryl methyl sites for hydroxylation is 1. The number of halogens is 1. The van der Waals surface area contributed by atoms with Crippen LogP contribution in [-0.2, 0) is 20.9 Å². The Balaban J connectivity index is 1.88. The zero-order chi connectivity index (χ0) is 21.7. The highest BCUT2D eigenvalue weighted by molar-refractivity contribution is 7.81. The molecule has 1 fully saturated rings. The molecule has 0 bridgehead atoms. The predicted octanol–water partition coefficient (Wildman–Crippen LogP) is 2.80. The normalized spacial score (nSPS) is 19.6. The number of rotatable bonds is 7. The molecule has 1 saturated heterocycles. The maximum atomic E-state index is 14.4. The first-order chi connectivity index (χ1) is 14.4. The van der Waals surface area contributed by atoms with Crippen molar-refractivity contribution in [2.24, 2.45) is 0 Å². The van der Waals surface area contributed by atoms with Crippen molar-refractivity contribution < 1.29 is 23.8 Å². The summed E-state index contributed by atoms with van der Waals surface area (Å²) in [5.74, 6) is -1.88. The van der Waals surface area contributed by atoms with Crippen LogP contribution in [0.4, 0.5) is 4.39 Å².